The third kappa shape index (κ3) is 3.65. The molecule has 26 heavy (non-hydrogen) atoms. The van der Waals surface area contributed by atoms with E-state index in [0.29, 0.717) is 31.1 Å². The maximum absolute atomic E-state index is 13.0. The molecule has 2 aromatic carbocycles. The molecule has 3 rings (SSSR count). The molecule has 1 aliphatic rings. The van der Waals surface area contributed by atoms with E-state index in [1.54, 1.807) is 6.07 Å². The molecular weight excluding hydrogens is 346 g/mol. The van der Waals surface area contributed by atoms with Crippen molar-refractivity contribution in [3.63, 3.8) is 0 Å². The maximum Gasteiger partial charge on any atom is 0.243 e. The minimum Gasteiger partial charge on any atom is -0.282 e. The minimum absolute atomic E-state index is 0.345. The first kappa shape index (κ1) is 18.6. The van der Waals surface area contributed by atoms with E-state index in [-0.39, 0.29) is 6.04 Å². The maximum atomic E-state index is 13.0. The second-order valence-electron chi connectivity index (χ2n) is 6.65. The predicted octanol–water partition coefficient (Wildman–Crippen LogP) is 2.87. The zero-order valence-electron chi connectivity index (χ0n) is 15.1. The van der Waals surface area contributed by atoms with Crippen LogP contribution in [0.5, 0.6) is 0 Å². The van der Waals surface area contributed by atoms with Gasteiger partial charge in [-0.3, -0.25) is 4.90 Å². The third-order valence-electron chi connectivity index (χ3n) is 4.82. The van der Waals surface area contributed by atoms with Crippen molar-refractivity contribution >= 4 is 10.0 Å². The summed E-state index contributed by atoms with van der Waals surface area (Å²) in [7, 11) is -3.51. The van der Waals surface area contributed by atoms with E-state index in [0.717, 1.165) is 16.7 Å². The van der Waals surface area contributed by atoms with Crippen LogP contribution in [-0.4, -0.2) is 43.8 Å². The standard InChI is InChI=1S/C20H23N3O2S/c1-16-8-9-20(17(2)14-16)26(24,25)23-12-10-22(11-13-23)19(15-21)18-6-4-3-5-7-18/h3-9,14,19H,10-13H2,1-2H3. The molecule has 0 radical (unpaired) electrons. The molecule has 1 unspecified atom stereocenters. The van der Waals surface area contributed by atoms with E-state index in [1.165, 1.54) is 4.31 Å². The normalized spacial score (nSPS) is 17.6. The summed E-state index contributed by atoms with van der Waals surface area (Å²) in [6.07, 6.45) is 0. The van der Waals surface area contributed by atoms with E-state index < -0.39 is 10.0 Å². The molecule has 1 atom stereocenters. The Bertz CT molecular complexity index is 912. The second-order valence-corrected chi connectivity index (χ2v) is 8.56. The molecule has 1 aliphatic heterocycles. The number of piperazine rings is 1. The van der Waals surface area contributed by atoms with Crippen molar-refractivity contribution in [2.75, 3.05) is 26.2 Å². The van der Waals surface area contributed by atoms with Gasteiger partial charge in [0.05, 0.1) is 11.0 Å². The number of sulfonamides is 1. The Balaban J connectivity index is 1.74. The van der Waals surface area contributed by atoms with Crippen LogP contribution in [0.15, 0.2) is 53.4 Å². The van der Waals surface area contributed by atoms with Crippen LogP contribution in [-0.2, 0) is 10.0 Å². The van der Waals surface area contributed by atoms with Crippen LogP contribution < -0.4 is 0 Å². The smallest absolute Gasteiger partial charge is 0.243 e. The number of hydrogen-bond acceptors (Lipinski definition) is 4. The largest absolute Gasteiger partial charge is 0.282 e. The van der Waals surface area contributed by atoms with Crippen molar-refractivity contribution in [2.24, 2.45) is 0 Å². The summed E-state index contributed by atoms with van der Waals surface area (Å²) in [5.74, 6) is 0. The Morgan fingerprint density at radius 1 is 1.00 bits per heavy atom. The molecule has 2 aromatic rings. The summed E-state index contributed by atoms with van der Waals surface area (Å²) < 4.78 is 27.5. The minimum atomic E-state index is -3.51. The van der Waals surface area contributed by atoms with Gasteiger partial charge in [0.2, 0.25) is 10.0 Å². The van der Waals surface area contributed by atoms with Gasteiger partial charge in [0.1, 0.15) is 6.04 Å². The summed E-state index contributed by atoms with van der Waals surface area (Å²) in [6, 6.07) is 17.0. The molecule has 0 amide bonds. The van der Waals surface area contributed by atoms with Gasteiger partial charge in [0.15, 0.2) is 0 Å². The van der Waals surface area contributed by atoms with Gasteiger partial charge in [-0.05, 0) is 31.0 Å². The summed E-state index contributed by atoms with van der Waals surface area (Å²) >= 11 is 0. The van der Waals surface area contributed by atoms with E-state index in [2.05, 4.69) is 6.07 Å². The molecule has 0 aliphatic carbocycles. The van der Waals surface area contributed by atoms with Crippen molar-refractivity contribution in [3.8, 4) is 6.07 Å². The molecule has 136 valence electrons. The van der Waals surface area contributed by atoms with Crippen molar-refractivity contribution < 1.29 is 8.42 Å². The molecule has 1 saturated heterocycles. The van der Waals surface area contributed by atoms with Crippen molar-refractivity contribution in [3.05, 3.63) is 65.2 Å². The van der Waals surface area contributed by atoms with Crippen LogP contribution in [0.1, 0.15) is 22.7 Å². The fourth-order valence-corrected chi connectivity index (χ4v) is 5.06. The Hall–Kier alpha value is -2.20. The van der Waals surface area contributed by atoms with Crippen LogP contribution in [0.4, 0.5) is 0 Å². The fraction of sp³-hybridized carbons (Fsp3) is 0.350. The zero-order chi connectivity index (χ0) is 18.7. The average molecular weight is 369 g/mol. The number of rotatable bonds is 4. The van der Waals surface area contributed by atoms with E-state index in [9.17, 15) is 13.7 Å². The first-order valence-electron chi connectivity index (χ1n) is 8.69. The fourth-order valence-electron chi connectivity index (χ4n) is 3.43. The summed E-state index contributed by atoms with van der Waals surface area (Å²) in [4.78, 5) is 2.42. The number of benzene rings is 2. The molecular formula is C20H23N3O2S. The predicted molar refractivity (Wildman–Crippen MR) is 101 cm³/mol. The van der Waals surface area contributed by atoms with E-state index in [4.69, 9.17) is 0 Å². The molecule has 5 nitrogen and oxygen atoms in total. The van der Waals surface area contributed by atoms with Crippen LogP contribution in [0.25, 0.3) is 0 Å². The molecule has 0 N–H and O–H groups in total. The Kier molecular flexibility index (Phi) is 5.42. The molecule has 0 saturated carbocycles. The highest BCUT2D eigenvalue weighted by molar-refractivity contribution is 7.89. The number of nitriles is 1. The van der Waals surface area contributed by atoms with Crippen LogP contribution >= 0.6 is 0 Å². The van der Waals surface area contributed by atoms with Crippen molar-refractivity contribution in [2.45, 2.75) is 24.8 Å². The Labute approximate surface area is 155 Å². The Morgan fingerprint density at radius 2 is 1.65 bits per heavy atom. The van der Waals surface area contributed by atoms with Gasteiger partial charge < -0.3 is 0 Å². The quantitative estimate of drug-likeness (QED) is 0.831. The SMILES string of the molecule is Cc1ccc(S(=O)(=O)N2CCN(C(C#N)c3ccccc3)CC2)c(C)c1. The topological polar surface area (TPSA) is 64.4 Å². The van der Waals surface area contributed by atoms with Crippen molar-refractivity contribution in [1.82, 2.24) is 9.21 Å². The monoisotopic (exact) mass is 369 g/mol. The summed E-state index contributed by atoms with van der Waals surface area (Å²) in [5.41, 5.74) is 2.76. The van der Waals surface area contributed by atoms with Gasteiger partial charge in [0, 0.05) is 26.2 Å². The molecule has 1 heterocycles. The second kappa shape index (κ2) is 7.58. The first-order chi connectivity index (χ1) is 12.4. The molecule has 6 heteroatoms. The molecule has 0 aromatic heterocycles. The Morgan fingerprint density at radius 3 is 2.23 bits per heavy atom. The van der Waals surface area contributed by atoms with Gasteiger partial charge in [0.25, 0.3) is 0 Å². The number of nitrogens with zero attached hydrogens (tertiary/aromatic N) is 3. The highest BCUT2D eigenvalue weighted by Gasteiger charge is 2.32. The number of hydrogen-bond donors (Lipinski definition) is 0. The lowest BCUT2D eigenvalue weighted by molar-refractivity contribution is 0.162. The van der Waals surface area contributed by atoms with Crippen LogP contribution in [0, 0.1) is 25.2 Å². The lowest BCUT2D eigenvalue weighted by Gasteiger charge is -2.36. The lowest BCUT2D eigenvalue weighted by Crippen LogP contribution is -2.49. The number of aryl methyl sites for hydroxylation is 2. The molecule has 0 spiro atoms. The average Bonchev–Trinajstić information content (AvgIpc) is 2.63. The highest BCUT2D eigenvalue weighted by atomic mass is 32.2. The van der Waals surface area contributed by atoms with E-state index in [1.807, 2.05) is 61.2 Å². The lowest BCUT2D eigenvalue weighted by atomic mass is 10.1. The van der Waals surface area contributed by atoms with E-state index >= 15 is 0 Å². The molecule has 0 bridgehead atoms. The van der Waals surface area contributed by atoms with Crippen molar-refractivity contribution in [1.29, 1.82) is 5.26 Å². The van der Waals surface area contributed by atoms with Gasteiger partial charge in [-0.1, -0.05) is 48.0 Å². The van der Waals surface area contributed by atoms with Gasteiger partial charge >= 0.3 is 0 Å². The third-order valence-corrected chi connectivity index (χ3v) is 6.88. The van der Waals surface area contributed by atoms with Gasteiger partial charge in [-0.25, -0.2) is 8.42 Å². The summed E-state index contributed by atoms with van der Waals surface area (Å²) in [5, 5.41) is 9.57. The van der Waals surface area contributed by atoms with Gasteiger partial charge in [-0.2, -0.15) is 9.57 Å². The first-order valence-corrected chi connectivity index (χ1v) is 10.1. The van der Waals surface area contributed by atoms with Crippen LogP contribution in [0.3, 0.4) is 0 Å². The van der Waals surface area contributed by atoms with Crippen LogP contribution in [0.2, 0.25) is 0 Å². The summed E-state index contributed by atoms with van der Waals surface area (Å²) in [6.45, 7) is 5.64. The van der Waals surface area contributed by atoms with Gasteiger partial charge in [-0.15, -0.1) is 0 Å². The zero-order valence-corrected chi connectivity index (χ0v) is 15.9. The molecule has 1 fully saturated rings. The highest BCUT2D eigenvalue weighted by Crippen LogP contribution is 2.25.